The Balaban J connectivity index is 1.64. The van der Waals surface area contributed by atoms with Crippen LogP contribution in [0.4, 0.5) is 0 Å². The third-order valence-electron chi connectivity index (χ3n) is 3.57. The van der Waals surface area contributed by atoms with Crippen LogP contribution < -0.4 is 15.6 Å². The molecule has 24 heavy (non-hydrogen) atoms. The maximum atomic E-state index is 12.3. The second-order valence-corrected chi connectivity index (χ2v) is 5.36. The minimum absolute atomic E-state index is 0.150. The molecule has 124 valence electrons. The summed E-state index contributed by atoms with van der Waals surface area (Å²) in [7, 11) is 0. The second kappa shape index (κ2) is 6.57. The van der Waals surface area contributed by atoms with E-state index in [0.29, 0.717) is 18.9 Å². The van der Waals surface area contributed by atoms with Crippen molar-refractivity contribution in [1.29, 1.82) is 0 Å². The summed E-state index contributed by atoms with van der Waals surface area (Å²) in [4.78, 5) is 30.6. The van der Waals surface area contributed by atoms with Gasteiger partial charge in [-0.1, -0.05) is 17.7 Å². The summed E-state index contributed by atoms with van der Waals surface area (Å²) in [5.74, 6) is 0.698. The highest BCUT2D eigenvalue weighted by Gasteiger charge is 2.21. The number of carbonyl (C=O) groups excluding carboxylic acids is 1. The van der Waals surface area contributed by atoms with Gasteiger partial charge in [0.1, 0.15) is 23.5 Å². The average Bonchev–Trinajstić information content (AvgIpc) is 2.90. The van der Waals surface area contributed by atoms with Crippen molar-refractivity contribution in [2.45, 2.75) is 13.8 Å². The molecular formula is C17H17N3O4. The molecule has 0 bridgehead atoms. The lowest BCUT2D eigenvalue weighted by Crippen LogP contribution is -2.29. The van der Waals surface area contributed by atoms with Crippen LogP contribution in [0, 0.1) is 13.8 Å². The molecule has 7 nitrogen and oxygen atoms in total. The number of aromatic nitrogens is 2. The van der Waals surface area contributed by atoms with Gasteiger partial charge < -0.3 is 19.5 Å². The smallest absolute Gasteiger partial charge is 0.262 e. The van der Waals surface area contributed by atoms with Crippen LogP contribution in [0.3, 0.4) is 0 Å². The van der Waals surface area contributed by atoms with Gasteiger partial charge in [-0.3, -0.25) is 9.59 Å². The molecule has 0 radical (unpaired) electrons. The molecule has 0 aliphatic heterocycles. The van der Waals surface area contributed by atoms with Crippen LogP contribution in [0.15, 0.2) is 39.8 Å². The SMILES string of the molecule is Cc1ccc(OCCNC(=O)c2c(C)oc3nc[nH]c(=O)c23)cc1. The number of furan rings is 1. The largest absolute Gasteiger partial charge is 0.492 e. The zero-order valence-electron chi connectivity index (χ0n) is 13.4. The first kappa shape index (κ1) is 15.8. The van der Waals surface area contributed by atoms with Crippen molar-refractivity contribution < 1.29 is 13.9 Å². The lowest BCUT2D eigenvalue weighted by molar-refractivity contribution is 0.0947. The van der Waals surface area contributed by atoms with E-state index in [2.05, 4.69) is 15.3 Å². The van der Waals surface area contributed by atoms with E-state index < -0.39 is 11.5 Å². The molecule has 0 atom stereocenters. The van der Waals surface area contributed by atoms with E-state index >= 15 is 0 Å². The van der Waals surface area contributed by atoms with Gasteiger partial charge in [-0.15, -0.1) is 0 Å². The molecule has 3 aromatic rings. The number of nitrogens with zero attached hydrogens (tertiary/aromatic N) is 1. The van der Waals surface area contributed by atoms with Crippen molar-refractivity contribution in [2.75, 3.05) is 13.2 Å². The number of fused-ring (bicyclic) bond motifs is 1. The van der Waals surface area contributed by atoms with Gasteiger partial charge in [0.15, 0.2) is 0 Å². The van der Waals surface area contributed by atoms with Crippen LogP contribution in [0.5, 0.6) is 5.75 Å². The number of benzene rings is 1. The molecule has 2 heterocycles. The first-order valence-corrected chi connectivity index (χ1v) is 7.50. The van der Waals surface area contributed by atoms with Crippen LogP contribution in [-0.4, -0.2) is 29.0 Å². The summed E-state index contributed by atoms with van der Waals surface area (Å²) in [6.45, 7) is 4.24. The van der Waals surface area contributed by atoms with Gasteiger partial charge in [-0.2, -0.15) is 0 Å². The van der Waals surface area contributed by atoms with E-state index in [1.807, 2.05) is 31.2 Å². The van der Waals surface area contributed by atoms with E-state index in [9.17, 15) is 9.59 Å². The van der Waals surface area contributed by atoms with E-state index in [1.54, 1.807) is 6.92 Å². The van der Waals surface area contributed by atoms with Crippen molar-refractivity contribution in [2.24, 2.45) is 0 Å². The van der Waals surface area contributed by atoms with E-state index in [1.165, 1.54) is 6.33 Å². The fourth-order valence-electron chi connectivity index (χ4n) is 2.38. The summed E-state index contributed by atoms with van der Waals surface area (Å²) in [5, 5.41) is 2.88. The minimum atomic E-state index is -0.405. The Bertz CT molecular complexity index is 925. The van der Waals surface area contributed by atoms with Crippen LogP contribution in [-0.2, 0) is 0 Å². The number of aromatic amines is 1. The number of rotatable bonds is 5. The Morgan fingerprint density at radius 1 is 1.29 bits per heavy atom. The lowest BCUT2D eigenvalue weighted by Gasteiger charge is -2.07. The highest BCUT2D eigenvalue weighted by molar-refractivity contribution is 6.06. The predicted octanol–water partition coefficient (Wildman–Crippen LogP) is 1.94. The first-order chi connectivity index (χ1) is 11.6. The molecule has 0 aliphatic carbocycles. The molecule has 0 spiro atoms. The summed E-state index contributed by atoms with van der Waals surface area (Å²) in [6, 6.07) is 7.65. The van der Waals surface area contributed by atoms with Gasteiger partial charge in [0, 0.05) is 0 Å². The molecule has 0 saturated carbocycles. The van der Waals surface area contributed by atoms with Crippen molar-refractivity contribution in [3.63, 3.8) is 0 Å². The second-order valence-electron chi connectivity index (χ2n) is 5.36. The lowest BCUT2D eigenvalue weighted by atomic mass is 10.2. The van der Waals surface area contributed by atoms with Gasteiger partial charge in [-0.25, -0.2) is 4.98 Å². The standard InChI is InChI=1S/C17H17N3O4/c1-10-3-5-12(6-4-10)23-8-7-18-15(21)13-11(2)24-17-14(13)16(22)19-9-20-17/h3-6,9H,7-8H2,1-2H3,(H,18,21)(H,19,20,22). The zero-order valence-corrected chi connectivity index (χ0v) is 13.4. The molecule has 1 amide bonds. The van der Waals surface area contributed by atoms with E-state index in [0.717, 1.165) is 11.3 Å². The zero-order chi connectivity index (χ0) is 17.1. The normalized spacial score (nSPS) is 10.8. The Morgan fingerprint density at radius 2 is 2.04 bits per heavy atom. The minimum Gasteiger partial charge on any atom is -0.492 e. The van der Waals surface area contributed by atoms with Crippen LogP contribution in [0.25, 0.3) is 11.1 Å². The van der Waals surface area contributed by atoms with Crippen LogP contribution >= 0.6 is 0 Å². The maximum Gasteiger partial charge on any atom is 0.262 e. The van der Waals surface area contributed by atoms with Crippen molar-refractivity contribution >= 4 is 17.0 Å². The summed E-state index contributed by atoms with van der Waals surface area (Å²) in [5.41, 5.74) is 1.10. The third kappa shape index (κ3) is 3.15. The third-order valence-corrected chi connectivity index (χ3v) is 3.57. The highest BCUT2D eigenvalue weighted by Crippen LogP contribution is 2.20. The topological polar surface area (TPSA) is 97.2 Å². The number of carbonyl (C=O) groups is 1. The Morgan fingerprint density at radius 3 is 2.79 bits per heavy atom. The fraction of sp³-hybridized carbons (Fsp3) is 0.235. The molecule has 7 heteroatoms. The van der Waals surface area contributed by atoms with Gasteiger partial charge in [0.2, 0.25) is 5.71 Å². The number of hydrogen-bond acceptors (Lipinski definition) is 5. The molecule has 0 aliphatic rings. The number of amides is 1. The van der Waals surface area contributed by atoms with Crippen molar-refractivity contribution in [3.05, 3.63) is 57.8 Å². The number of H-pyrrole nitrogens is 1. The number of ether oxygens (including phenoxy) is 1. The molecule has 0 fully saturated rings. The van der Waals surface area contributed by atoms with Gasteiger partial charge in [0.25, 0.3) is 11.5 Å². The quantitative estimate of drug-likeness (QED) is 0.698. The number of nitrogens with one attached hydrogen (secondary N) is 2. The Labute approximate surface area is 137 Å². The molecule has 2 aromatic heterocycles. The molecule has 1 aromatic carbocycles. The van der Waals surface area contributed by atoms with Crippen molar-refractivity contribution in [3.8, 4) is 5.75 Å². The highest BCUT2D eigenvalue weighted by atomic mass is 16.5. The van der Waals surface area contributed by atoms with Gasteiger partial charge in [0.05, 0.1) is 18.4 Å². The number of aryl methyl sites for hydroxylation is 2. The molecule has 0 unspecified atom stereocenters. The van der Waals surface area contributed by atoms with Gasteiger partial charge >= 0.3 is 0 Å². The summed E-state index contributed by atoms with van der Waals surface area (Å²) in [6.07, 6.45) is 1.24. The predicted molar refractivity (Wildman–Crippen MR) is 88.4 cm³/mol. The number of hydrogen-bond donors (Lipinski definition) is 2. The molecule has 0 saturated heterocycles. The van der Waals surface area contributed by atoms with Gasteiger partial charge in [-0.05, 0) is 26.0 Å². The fourth-order valence-corrected chi connectivity index (χ4v) is 2.38. The summed E-state index contributed by atoms with van der Waals surface area (Å²) >= 11 is 0. The monoisotopic (exact) mass is 327 g/mol. The van der Waals surface area contributed by atoms with E-state index in [-0.39, 0.29) is 16.7 Å². The average molecular weight is 327 g/mol. The van der Waals surface area contributed by atoms with Crippen LogP contribution in [0.2, 0.25) is 0 Å². The van der Waals surface area contributed by atoms with E-state index in [4.69, 9.17) is 9.15 Å². The first-order valence-electron chi connectivity index (χ1n) is 7.50. The summed E-state index contributed by atoms with van der Waals surface area (Å²) < 4.78 is 10.9. The maximum absolute atomic E-state index is 12.3. The molecular weight excluding hydrogens is 310 g/mol. The molecule has 2 N–H and O–H groups in total. The van der Waals surface area contributed by atoms with Crippen LogP contribution in [0.1, 0.15) is 21.7 Å². The Kier molecular flexibility index (Phi) is 4.33. The van der Waals surface area contributed by atoms with Crippen molar-refractivity contribution in [1.82, 2.24) is 15.3 Å². The molecule has 3 rings (SSSR count). The Hall–Kier alpha value is -3.09.